The molecule has 0 saturated heterocycles. The van der Waals surface area contributed by atoms with Crippen molar-refractivity contribution in [3.8, 4) is 0 Å². The summed E-state index contributed by atoms with van der Waals surface area (Å²) in [6.07, 6.45) is -4.00. The number of aromatic nitrogens is 3. The van der Waals surface area contributed by atoms with Crippen molar-refractivity contribution in [1.82, 2.24) is 15.2 Å². The normalized spacial score (nSPS) is 11.7. The minimum absolute atomic E-state index is 0.0308. The van der Waals surface area contributed by atoms with Crippen LogP contribution in [0.4, 0.5) is 13.2 Å². The van der Waals surface area contributed by atoms with Crippen LogP contribution in [0, 0.1) is 0 Å². The zero-order valence-corrected chi connectivity index (χ0v) is 6.41. The molecule has 4 nitrogen and oxygen atoms in total. The molecular weight excluding hydrogens is 187 g/mol. The van der Waals surface area contributed by atoms with Crippen molar-refractivity contribution in [1.29, 1.82) is 0 Å². The van der Waals surface area contributed by atoms with Crippen molar-refractivity contribution in [3.05, 3.63) is 17.7 Å². The molecule has 0 spiro atoms. The third-order valence-electron chi connectivity index (χ3n) is 1.23. The molecule has 1 aromatic heterocycles. The van der Waals surface area contributed by atoms with Gasteiger partial charge in [-0.25, -0.2) is 4.98 Å². The highest BCUT2D eigenvalue weighted by atomic mass is 19.4. The second kappa shape index (κ2) is 3.65. The van der Waals surface area contributed by atoms with Gasteiger partial charge in [0.25, 0.3) is 0 Å². The molecule has 0 radical (unpaired) electrons. The predicted octanol–water partition coefficient (Wildman–Crippen LogP) is 0.425. The van der Waals surface area contributed by atoms with Crippen molar-refractivity contribution in [3.63, 3.8) is 0 Å². The van der Waals surface area contributed by atoms with Gasteiger partial charge in [-0.2, -0.15) is 18.3 Å². The van der Waals surface area contributed by atoms with Crippen LogP contribution in [0.25, 0.3) is 0 Å². The predicted molar refractivity (Wildman–Crippen MR) is 35.6 cm³/mol. The van der Waals surface area contributed by atoms with Gasteiger partial charge in [0.15, 0.2) is 11.5 Å². The second-order valence-corrected chi connectivity index (χ2v) is 2.23. The van der Waals surface area contributed by atoms with Gasteiger partial charge in [-0.3, -0.25) is 0 Å². The van der Waals surface area contributed by atoms with E-state index in [4.69, 9.17) is 5.11 Å². The van der Waals surface area contributed by atoms with E-state index in [-0.39, 0.29) is 18.9 Å². The third-order valence-corrected chi connectivity index (χ3v) is 1.23. The summed E-state index contributed by atoms with van der Waals surface area (Å²) in [4.78, 5) is 3.18. The summed E-state index contributed by atoms with van der Waals surface area (Å²) in [6.45, 7) is -0.303. The zero-order chi connectivity index (χ0) is 9.90. The molecule has 0 aliphatic rings. The van der Waals surface area contributed by atoms with Crippen LogP contribution in [0.3, 0.4) is 0 Å². The molecule has 0 aromatic carbocycles. The van der Waals surface area contributed by atoms with Crippen LogP contribution in [0.5, 0.6) is 0 Å². The van der Waals surface area contributed by atoms with Gasteiger partial charge >= 0.3 is 6.18 Å². The number of halogens is 3. The number of hydrogen-bond donors (Lipinski definition) is 1. The fraction of sp³-hybridized carbons (Fsp3) is 0.500. The SMILES string of the molecule is OCCc1nncc(C(F)(F)F)n1. The zero-order valence-electron chi connectivity index (χ0n) is 6.41. The van der Waals surface area contributed by atoms with E-state index >= 15 is 0 Å². The quantitative estimate of drug-likeness (QED) is 0.739. The van der Waals surface area contributed by atoms with E-state index in [2.05, 4.69) is 15.2 Å². The van der Waals surface area contributed by atoms with Crippen molar-refractivity contribution in [2.45, 2.75) is 12.6 Å². The molecule has 1 rings (SSSR count). The number of nitrogens with zero attached hydrogens (tertiary/aromatic N) is 3. The number of aliphatic hydroxyl groups is 1. The highest BCUT2D eigenvalue weighted by Crippen LogP contribution is 2.26. The first-order chi connectivity index (χ1) is 6.04. The smallest absolute Gasteiger partial charge is 0.396 e. The summed E-state index contributed by atoms with van der Waals surface area (Å²) >= 11 is 0. The van der Waals surface area contributed by atoms with E-state index in [0.717, 1.165) is 0 Å². The maximum absolute atomic E-state index is 12.0. The van der Waals surface area contributed by atoms with E-state index < -0.39 is 11.9 Å². The number of alkyl halides is 3. The van der Waals surface area contributed by atoms with Crippen LogP contribution in [-0.4, -0.2) is 26.9 Å². The molecule has 0 fully saturated rings. The van der Waals surface area contributed by atoms with Gasteiger partial charge in [-0.15, -0.1) is 5.10 Å². The number of rotatable bonds is 2. The van der Waals surface area contributed by atoms with Crippen LogP contribution in [0.1, 0.15) is 11.5 Å². The third kappa shape index (κ3) is 2.62. The first-order valence-corrected chi connectivity index (χ1v) is 3.40. The molecule has 1 aromatic rings. The van der Waals surface area contributed by atoms with E-state index in [9.17, 15) is 13.2 Å². The van der Waals surface area contributed by atoms with Gasteiger partial charge in [-0.1, -0.05) is 0 Å². The Bertz CT molecular complexity index is 289. The molecular formula is C6H6F3N3O. The number of hydrogen-bond acceptors (Lipinski definition) is 4. The van der Waals surface area contributed by atoms with Crippen molar-refractivity contribution < 1.29 is 18.3 Å². The fourth-order valence-electron chi connectivity index (χ4n) is 0.683. The molecule has 0 saturated carbocycles. The van der Waals surface area contributed by atoms with Crippen molar-refractivity contribution in [2.75, 3.05) is 6.61 Å². The maximum atomic E-state index is 12.0. The van der Waals surface area contributed by atoms with E-state index in [0.29, 0.717) is 6.20 Å². The molecule has 0 bridgehead atoms. The lowest BCUT2D eigenvalue weighted by atomic mass is 10.4. The molecule has 0 amide bonds. The lowest BCUT2D eigenvalue weighted by Gasteiger charge is -2.04. The molecule has 13 heavy (non-hydrogen) atoms. The van der Waals surface area contributed by atoms with E-state index in [1.165, 1.54) is 0 Å². The Kier molecular flexibility index (Phi) is 2.76. The van der Waals surface area contributed by atoms with E-state index in [1.54, 1.807) is 0 Å². The lowest BCUT2D eigenvalue weighted by Crippen LogP contribution is -2.12. The molecule has 0 aliphatic heterocycles. The summed E-state index contributed by atoms with van der Waals surface area (Å²) in [5.41, 5.74) is -1.09. The van der Waals surface area contributed by atoms with Gasteiger partial charge in [0.05, 0.1) is 12.8 Å². The highest BCUT2D eigenvalue weighted by molar-refractivity contribution is 5.00. The van der Waals surface area contributed by atoms with Crippen LogP contribution in [-0.2, 0) is 12.6 Å². The Morgan fingerprint density at radius 3 is 2.62 bits per heavy atom. The fourth-order valence-corrected chi connectivity index (χ4v) is 0.683. The second-order valence-electron chi connectivity index (χ2n) is 2.23. The van der Waals surface area contributed by atoms with Crippen LogP contribution >= 0.6 is 0 Å². The average Bonchev–Trinajstić information content (AvgIpc) is 2.04. The Morgan fingerprint density at radius 2 is 2.08 bits per heavy atom. The largest absolute Gasteiger partial charge is 0.435 e. The standard InChI is InChI=1S/C6H6F3N3O/c7-6(8,9)4-3-10-12-5(11-4)1-2-13/h3,13H,1-2H2. The van der Waals surface area contributed by atoms with Gasteiger partial charge in [-0.05, 0) is 0 Å². The van der Waals surface area contributed by atoms with Crippen LogP contribution in [0.2, 0.25) is 0 Å². The van der Waals surface area contributed by atoms with Gasteiger partial charge in [0.1, 0.15) is 0 Å². The Balaban J connectivity index is 2.92. The maximum Gasteiger partial charge on any atom is 0.435 e. The topological polar surface area (TPSA) is 58.9 Å². The summed E-state index contributed by atoms with van der Waals surface area (Å²) < 4.78 is 36.0. The van der Waals surface area contributed by atoms with Gasteiger partial charge < -0.3 is 5.11 Å². The molecule has 0 unspecified atom stereocenters. The molecule has 0 aliphatic carbocycles. The Morgan fingerprint density at radius 1 is 1.38 bits per heavy atom. The summed E-state index contributed by atoms with van der Waals surface area (Å²) in [5.74, 6) is -0.114. The molecule has 1 N–H and O–H groups in total. The molecule has 7 heteroatoms. The Labute approximate surface area is 71.4 Å². The minimum Gasteiger partial charge on any atom is -0.396 e. The first kappa shape index (κ1) is 9.85. The van der Waals surface area contributed by atoms with Crippen molar-refractivity contribution in [2.24, 2.45) is 0 Å². The van der Waals surface area contributed by atoms with Gasteiger partial charge in [0.2, 0.25) is 0 Å². The molecule has 0 atom stereocenters. The first-order valence-electron chi connectivity index (χ1n) is 3.40. The minimum atomic E-state index is -4.51. The van der Waals surface area contributed by atoms with Gasteiger partial charge in [0, 0.05) is 6.42 Å². The number of aliphatic hydroxyl groups excluding tert-OH is 1. The molecule has 72 valence electrons. The van der Waals surface area contributed by atoms with Crippen LogP contribution in [0.15, 0.2) is 6.20 Å². The average molecular weight is 193 g/mol. The molecule has 1 heterocycles. The summed E-state index contributed by atoms with van der Waals surface area (Å²) in [7, 11) is 0. The van der Waals surface area contributed by atoms with Crippen LogP contribution < -0.4 is 0 Å². The Hall–Kier alpha value is -1.24. The van der Waals surface area contributed by atoms with Crippen molar-refractivity contribution >= 4 is 0 Å². The summed E-state index contributed by atoms with van der Waals surface area (Å²) in [5, 5.41) is 14.9. The van der Waals surface area contributed by atoms with E-state index in [1.807, 2.05) is 0 Å². The lowest BCUT2D eigenvalue weighted by molar-refractivity contribution is -0.141. The monoisotopic (exact) mass is 193 g/mol. The summed E-state index contributed by atoms with van der Waals surface area (Å²) in [6, 6.07) is 0. The highest BCUT2D eigenvalue weighted by Gasteiger charge is 2.33.